The van der Waals surface area contributed by atoms with E-state index in [0.29, 0.717) is 23.9 Å². The lowest BCUT2D eigenvalue weighted by molar-refractivity contribution is 0.164. The summed E-state index contributed by atoms with van der Waals surface area (Å²) in [4.78, 5) is 14.3. The van der Waals surface area contributed by atoms with Crippen molar-refractivity contribution in [1.82, 2.24) is 14.9 Å². The van der Waals surface area contributed by atoms with Gasteiger partial charge in [-0.15, -0.1) is 12.4 Å². The number of ether oxygens (including phenoxy) is 1. The highest BCUT2D eigenvalue weighted by Gasteiger charge is 2.41. The molecule has 3 aliphatic heterocycles. The Morgan fingerprint density at radius 1 is 1.21 bits per heavy atom. The summed E-state index contributed by atoms with van der Waals surface area (Å²) >= 11 is 0. The summed E-state index contributed by atoms with van der Waals surface area (Å²) in [6.45, 7) is 2.73. The van der Waals surface area contributed by atoms with Crippen LogP contribution in [0.1, 0.15) is 48.5 Å². The molecule has 0 amide bonds. The third-order valence-corrected chi connectivity index (χ3v) is 6.31. The van der Waals surface area contributed by atoms with Crippen LogP contribution in [0.4, 0.5) is 10.3 Å². The van der Waals surface area contributed by atoms with Crippen LogP contribution in [0.15, 0.2) is 24.4 Å². The molecule has 2 fully saturated rings. The van der Waals surface area contributed by atoms with Crippen molar-refractivity contribution in [2.45, 2.75) is 50.7 Å². The molecule has 4 heterocycles. The van der Waals surface area contributed by atoms with Gasteiger partial charge in [0.25, 0.3) is 0 Å². The quantitative estimate of drug-likeness (QED) is 0.772. The first-order valence-corrected chi connectivity index (χ1v) is 9.92. The molecule has 1 aromatic carbocycles. The van der Waals surface area contributed by atoms with Crippen LogP contribution in [0.5, 0.6) is 5.75 Å². The average molecular weight is 405 g/mol. The Morgan fingerprint density at radius 3 is 2.82 bits per heavy atom. The van der Waals surface area contributed by atoms with Crippen LogP contribution in [0.3, 0.4) is 0 Å². The fraction of sp³-hybridized carbons (Fsp3) is 0.524. The van der Waals surface area contributed by atoms with E-state index >= 15 is 0 Å². The van der Waals surface area contributed by atoms with Crippen molar-refractivity contribution in [3.63, 3.8) is 0 Å². The van der Waals surface area contributed by atoms with Gasteiger partial charge >= 0.3 is 0 Å². The Bertz CT molecular complexity index is 858. The summed E-state index contributed by atoms with van der Waals surface area (Å²) in [5, 5.41) is 0. The highest BCUT2D eigenvalue weighted by molar-refractivity contribution is 5.85. The Morgan fingerprint density at radius 2 is 2.04 bits per heavy atom. The standard InChI is InChI=1S/C21H25FN4O.ClH/c1-27-16-5-6-18(22)14(10-16)13-26-15-4-7-20(26)17-12-23-21(24-19(17)11-15)25-8-2-3-9-25;/h5-6,10,12,15,20H,2-4,7-9,11,13H2,1H3;1H. The Labute approximate surface area is 171 Å². The van der Waals surface area contributed by atoms with Gasteiger partial charge in [-0.2, -0.15) is 0 Å². The maximum Gasteiger partial charge on any atom is 0.225 e. The van der Waals surface area contributed by atoms with Gasteiger partial charge in [0.1, 0.15) is 11.6 Å². The zero-order chi connectivity index (χ0) is 18.4. The topological polar surface area (TPSA) is 41.5 Å². The second kappa shape index (κ2) is 7.84. The second-order valence-corrected chi connectivity index (χ2v) is 7.85. The van der Waals surface area contributed by atoms with Crippen molar-refractivity contribution >= 4 is 18.4 Å². The van der Waals surface area contributed by atoms with E-state index in [2.05, 4.69) is 14.8 Å². The van der Waals surface area contributed by atoms with E-state index in [-0.39, 0.29) is 24.3 Å². The number of rotatable bonds is 4. The predicted octanol–water partition coefficient (Wildman–Crippen LogP) is 3.91. The van der Waals surface area contributed by atoms with Gasteiger partial charge in [0.05, 0.1) is 12.8 Å². The van der Waals surface area contributed by atoms with Gasteiger partial charge in [-0.25, -0.2) is 14.4 Å². The molecule has 2 unspecified atom stereocenters. The first kappa shape index (κ1) is 19.4. The minimum absolute atomic E-state index is 0. The molecule has 150 valence electrons. The Kier molecular flexibility index (Phi) is 5.43. The summed E-state index contributed by atoms with van der Waals surface area (Å²) in [5.74, 6) is 1.43. The number of nitrogens with zero attached hydrogens (tertiary/aromatic N) is 4. The fourth-order valence-electron chi connectivity index (χ4n) is 4.88. The van der Waals surface area contributed by atoms with E-state index in [4.69, 9.17) is 9.72 Å². The smallest absolute Gasteiger partial charge is 0.225 e. The first-order chi connectivity index (χ1) is 13.2. The lowest BCUT2D eigenvalue weighted by atomic mass is 9.98. The van der Waals surface area contributed by atoms with Crippen LogP contribution in [0.2, 0.25) is 0 Å². The van der Waals surface area contributed by atoms with Gasteiger partial charge in [-0.1, -0.05) is 0 Å². The molecule has 5 nitrogen and oxygen atoms in total. The molecule has 28 heavy (non-hydrogen) atoms. The predicted molar refractivity (Wildman–Crippen MR) is 109 cm³/mol. The molecule has 2 bridgehead atoms. The number of aromatic nitrogens is 2. The van der Waals surface area contributed by atoms with E-state index in [1.165, 1.54) is 30.2 Å². The van der Waals surface area contributed by atoms with Crippen molar-refractivity contribution in [2.24, 2.45) is 0 Å². The molecule has 0 saturated carbocycles. The van der Waals surface area contributed by atoms with Crippen molar-refractivity contribution < 1.29 is 9.13 Å². The molecule has 1 aromatic heterocycles. The normalized spacial score (nSPS) is 23.4. The summed E-state index contributed by atoms with van der Waals surface area (Å²) in [6, 6.07) is 5.70. The molecule has 0 spiro atoms. The van der Waals surface area contributed by atoms with E-state index in [1.54, 1.807) is 13.2 Å². The van der Waals surface area contributed by atoms with Gasteiger partial charge in [0.2, 0.25) is 5.95 Å². The third kappa shape index (κ3) is 3.33. The number of benzene rings is 1. The number of methoxy groups -OCH3 is 1. The molecule has 2 atom stereocenters. The van der Waals surface area contributed by atoms with Crippen LogP contribution >= 0.6 is 12.4 Å². The lowest BCUT2D eigenvalue weighted by Gasteiger charge is -2.36. The molecule has 0 radical (unpaired) electrons. The number of fused-ring (bicyclic) bond motifs is 4. The van der Waals surface area contributed by atoms with Gasteiger partial charge in [0.15, 0.2) is 0 Å². The lowest BCUT2D eigenvalue weighted by Crippen LogP contribution is -2.38. The van der Waals surface area contributed by atoms with Gasteiger partial charge in [-0.05, 0) is 43.9 Å². The Hall–Kier alpha value is -1.92. The zero-order valence-corrected chi connectivity index (χ0v) is 16.9. The summed E-state index contributed by atoms with van der Waals surface area (Å²) in [5.41, 5.74) is 3.13. The van der Waals surface area contributed by atoms with Crippen molar-refractivity contribution in [1.29, 1.82) is 0 Å². The molecular formula is C21H26ClFN4O. The van der Waals surface area contributed by atoms with Gasteiger partial charge in [-0.3, -0.25) is 4.90 Å². The van der Waals surface area contributed by atoms with E-state index in [0.717, 1.165) is 38.3 Å². The van der Waals surface area contributed by atoms with E-state index in [9.17, 15) is 4.39 Å². The van der Waals surface area contributed by atoms with Crippen LogP contribution < -0.4 is 9.64 Å². The summed E-state index contributed by atoms with van der Waals surface area (Å²) in [7, 11) is 1.62. The highest BCUT2D eigenvalue weighted by atomic mass is 35.5. The number of hydrogen-bond acceptors (Lipinski definition) is 5. The first-order valence-electron chi connectivity index (χ1n) is 9.92. The largest absolute Gasteiger partial charge is 0.497 e. The van der Waals surface area contributed by atoms with E-state index in [1.807, 2.05) is 12.3 Å². The number of hydrogen-bond donors (Lipinski definition) is 0. The number of halogens is 2. The second-order valence-electron chi connectivity index (χ2n) is 7.85. The number of anilines is 1. The maximum atomic E-state index is 14.3. The SMILES string of the molecule is COc1ccc(F)c(CN2C3CCC2c2cnc(N4CCCC4)nc2C3)c1.Cl. The Balaban J connectivity index is 0.00000192. The maximum absolute atomic E-state index is 14.3. The van der Waals surface area contributed by atoms with Gasteiger partial charge < -0.3 is 9.64 Å². The third-order valence-electron chi connectivity index (χ3n) is 6.31. The molecule has 2 aromatic rings. The zero-order valence-electron chi connectivity index (χ0n) is 16.1. The van der Waals surface area contributed by atoms with Crippen molar-refractivity contribution in [3.8, 4) is 5.75 Å². The fourth-order valence-corrected chi connectivity index (χ4v) is 4.88. The average Bonchev–Trinajstić information content (AvgIpc) is 3.31. The molecule has 0 N–H and O–H groups in total. The van der Waals surface area contributed by atoms with E-state index < -0.39 is 0 Å². The van der Waals surface area contributed by atoms with Crippen LogP contribution in [-0.4, -0.2) is 41.1 Å². The molecule has 0 aliphatic carbocycles. The van der Waals surface area contributed by atoms with Crippen molar-refractivity contribution in [3.05, 3.63) is 47.0 Å². The molecule has 7 heteroatoms. The molecule has 5 rings (SSSR count). The molecule has 3 aliphatic rings. The molecular weight excluding hydrogens is 379 g/mol. The van der Waals surface area contributed by atoms with Crippen molar-refractivity contribution in [2.75, 3.05) is 25.1 Å². The van der Waals surface area contributed by atoms with Gasteiger partial charge in [0, 0.05) is 55.5 Å². The highest BCUT2D eigenvalue weighted by Crippen LogP contribution is 2.44. The van der Waals surface area contributed by atoms with Crippen LogP contribution in [0, 0.1) is 5.82 Å². The van der Waals surface area contributed by atoms with Crippen LogP contribution in [0.25, 0.3) is 0 Å². The monoisotopic (exact) mass is 404 g/mol. The minimum Gasteiger partial charge on any atom is -0.497 e. The summed E-state index contributed by atoms with van der Waals surface area (Å²) < 4.78 is 19.6. The minimum atomic E-state index is -0.165. The summed E-state index contributed by atoms with van der Waals surface area (Å²) in [6.07, 6.45) is 7.64. The molecule has 2 saturated heterocycles. The van der Waals surface area contributed by atoms with Crippen LogP contribution in [-0.2, 0) is 13.0 Å².